The molecule has 0 rings (SSSR count). The molecule has 70 valence electrons. The van der Waals surface area contributed by atoms with E-state index in [1.54, 1.807) is 0 Å². The highest BCUT2D eigenvalue weighted by Gasteiger charge is 2.12. The lowest BCUT2D eigenvalue weighted by molar-refractivity contribution is -0.138. The first-order valence-corrected chi connectivity index (χ1v) is 4.48. The maximum absolute atomic E-state index is 10.3. The Labute approximate surface area is 69.0 Å². The quantitative estimate of drug-likeness (QED) is 0.274. The van der Waals surface area contributed by atoms with Crippen LogP contribution in [0.15, 0.2) is 12.7 Å². The number of phosphoric acid groups is 1. The van der Waals surface area contributed by atoms with Crippen LogP contribution in [-0.2, 0) is 18.6 Å². The predicted octanol–water partition coefficient (Wildman–Crippen LogP) is -0.175. The minimum absolute atomic E-state index is 0.212. The zero-order chi connectivity index (χ0) is 9.61. The van der Waals surface area contributed by atoms with Crippen LogP contribution < -0.4 is 0 Å². The first-order valence-electron chi connectivity index (χ1n) is 2.95. The molecule has 12 heavy (non-hydrogen) atoms. The van der Waals surface area contributed by atoms with Crippen molar-refractivity contribution in [3.63, 3.8) is 0 Å². The van der Waals surface area contributed by atoms with Gasteiger partial charge >= 0.3 is 13.8 Å². The van der Waals surface area contributed by atoms with Crippen molar-refractivity contribution in [1.29, 1.82) is 0 Å². The fourth-order valence-electron chi connectivity index (χ4n) is 0.357. The van der Waals surface area contributed by atoms with Crippen molar-refractivity contribution in [2.75, 3.05) is 13.2 Å². The summed E-state index contributed by atoms with van der Waals surface area (Å²) in [6.07, 6.45) is 0.942. The van der Waals surface area contributed by atoms with Crippen molar-refractivity contribution in [3.05, 3.63) is 12.7 Å². The Bertz CT molecular complexity index is 206. The van der Waals surface area contributed by atoms with E-state index in [-0.39, 0.29) is 13.2 Å². The van der Waals surface area contributed by atoms with E-state index in [0.29, 0.717) is 0 Å². The molecule has 2 N–H and O–H groups in total. The second-order valence-electron chi connectivity index (χ2n) is 1.70. The monoisotopic (exact) mass is 196 g/mol. The molecule has 0 unspecified atom stereocenters. The topological polar surface area (TPSA) is 93.1 Å². The van der Waals surface area contributed by atoms with Crippen molar-refractivity contribution in [1.82, 2.24) is 0 Å². The Balaban J connectivity index is 3.40. The molecule has 0 fully saturated rings. The first-order chi connectivity index (χ1) is 5.45. The molecule has 0 bridgehead atoms. The van der Waals surface area contributed by atoms with Crippen molar-refractivity contribution in [2.45, 2.75) is 0 Å². The van der Waals surface area contributed by atoms with Gasteiger partial charge in [-0.05, 0) is 0 Å². The molecule has 0 amide bonds. The van der Waals surface area contributed by atoms with Gasteiger partial charge in [0.25, 0.3) is 0 Å². The zero-order valence-electron chi connectivity index (χ0n) is 6.17. The number of phosphoric ester groups is 1. The first kappa shape index (κ1) is 11.3. The van der Waals surface area contributed by atoms with E-state index in [0.717, 1.165) is 6.08 Å². The number of hydrogen-bond donors (Lipinski definition) is 2. The third-order valence-corrected chi connectivity index (χ3v) is 1.27. The van der Waals surface area contributed by atoms with Gasteiger partial charge in [-0.1, -0.05) is 6.58 Å². The van der Waals surface area contributed by atoms with Gasteiger partial charge in [0.05, 0.1) is 6.61 Å². The van der Waals surface area contributed by atoms with Gasteiger partial charge in [0.2, 0.25) is 0 Å². The number of esters is 1. The summed E-state index contributed by atoms with van der Waals surface area (Å²) in [5, 5.41) is 0. The summed E-state index contributed by atoms with van der Waals surface area (Å²) >= 11 is 0. The van der Waals surface area contributed by atoms with E-state index in [1.807, 2.05) is 0 Å². The number of rotatable bonds is 5. The van der Waals surface area contributed by atoms with Gasteiger partial charge in [0.15, 0.2) is 0 Å². The van der Waals surface area contributed by atoms with E-state index in [9.17, 15) is 9.36 Å². The second-order valence-corrected chi connectivity index (χ2v) is 2.93. The number of carbonyl (C=O) groups is 1. The number of ether oxygens (including phenoxy) is 1. The lowest BCUT2D eigenvalue weighted by Crippen LogP contribution is -2.07. The molecular weight excluding hydrogens is 187 g/mol. The minimum atomic E-state index is -4.45. The van der Waals surface area contributed by atoms with Crippen LogP contribution in [0.4, 0.5) is 0 Å². The molecule has 0 spiro atoms. The van der Waals surface area contributed by atoms with E-state index in [1.165, 1.54) is 0 Å². The van der Waals surface area contributed by atoms with Gasteiger partial charge < -0.3 is 14.5 Å². The fraction of sp³-hybridized carbons (Fsp3) is 0.400. The predicted molar refractivity (Wildman–Crippen MR) is 39.2 cm³/mol. The SMILES string of the molecule is C=CC(=O)OCCOP(=O)(O)O. The summed E-state index contributed by atoms with van der Waals surface area (Å²) in [4.78, 5) is 26.7. The lowest BCUT2D eigenvalue weighted by Gasteiger charge is -2.04. The summed E-state index contributed by atoms with van der Waals surface area (Å²) in [7, 11) is -4.45. The van der Waals surface area contributed by atoms with Gasteiger partial charge in [-0.25, -0.2) is 9.36 Å². The molecule has 0 aromatic rings. The summed E-state index contributed by atoms with van der Waals surface area (Å²) in [6.45, 7) is 2.56. The van der Waals surface area contributed by atoms with E-state index < -0.39 is 13.8 Å². The zero-order valence-corrected chi connectivity index (χ0v) is 7.07. The highest BCUT2D eigenvalue weighted by Crippen LogP contribution is 2.35. The Morgan fingerprint density at radius 2 is 2.08 bits per heavy atom. The lowest BCUT2D eigenvalue weighted by atomic mass is 10.6. The third kappa shape index (κ3) is 7.43. The Kier molecular flexibility index (Phi) is 4.77. The minimum Gasteiger partial charge on any atom is -0.460 e. The summed E-state index contributed by atoms with van der Waals surface area (Å²) < 4.78 is 18.4. The van der Waals surface area contributed by atoms with Crippen LogP contribution in [0.3, 0.4) is 0 Å². The van der Waals surface area contributed by atoms with E-state index in [4.69, 9.17) is 9.79 Å². The molecule has 0 saturated heterocycles. The highest BCUT2D eigenvalue weighted by atomic mass is 31.2. The molecular formula is C5H9O6P. The average molecular weight is 196 g/mol. The molecule has 6 nitrogen and oxygen atoms in total. The number of hydrogen-bond acceptors (Lipinski definition) is 4. The van der Waals surface area contributed by atoms with Gasteiger partial charge in [0.1, 0.15) is 6.61 Å². The third-order valence-electron chi connectivity index (χ3n) is 0.754. The molecule has 0 aliphatic rings. The van der Waals surface area contributed by atoms with Crippen LogP contribution in [-0.4, -0.2) is 29.0 Å². The van der Waals surface area contributed by atoms with Crippen LogP contribution in [0.1, 0.15) is 0 Å². The van der Waals surface area contributed by atoms with Crippen molar-refractivity contribution in [3.8, 4) is 0 Å². The van der Waals surface area contributed by atoms with Crippen molar-refractivity contribution < 1.29 is 28.4 Å². The molecule has 0 heterocycles. The smallest absolute Gasteiger partial charge is 0.460 e. The molecule has 0 aliphatic heterocycles. The average Bonchev–Trinajstić information content (AvgIpc) is 1.96. The second kappa shape index (κ2) is 5.05. The summed E-state index contributed by atoms with van der Waals surface area (Å²) in [5.74, 6) is -0.663. The fourth-order valence-corrected chi connectivity index (χ4v) is 0.670. The highest BCUT2D eigenvalue weighted by molar-refractivity contribution is 7.46. The van der Waals surface area contributed by atoms with Crippen LogP contribution in [0.5, 0.6) is 0 Å². The molecule has 0 radical (unpaired) electrons. The van der Waals surface area contributed by atoms with Crippen molar-refractivity contribution in [2.24, 2.45) is 0 Å². The summed E-state index contributed by atoms with van der Waals surface area (Å²) in [5.41, 5.74) is 0. The van der Waals surface area contributed by atoms with Gasteiger partial charge in [-0.3, -0.25) is 4.52 Å². The largest absolute Gasteiger partial charge is 0.469 e. The molecule has 0 aromatic carbocycles. The van der Waals surface area contributed by atoms with E-state index >= 15 is 0 Å². The van der Waals surface area contributed by atoms with E-state index in [2.05, 4.69) is 15.8 Å². The molecule has 0 aromatic heterocycles. The van der Waals surface area contributed by atoms with Crippen LogP contribution in [0, 0.1) is 0 Å². The van der Waals surface area contributed by atoms with Gasteiger partial charge in [0, 0.05) is 6.08 Å². The maximum atomic E-state index is 10.3. The van der Waals surface area contributed by atoms with Crippen LogP contribution in [0.25, 0.3) is 0 Å². The molecule has 0 saturated carbocycles. The summed E-state index contributed by atoms with van der Waals surface area (Å²) in [6, 6.07) is 0. The standard InChI is InChI=1S/C5H9O6P/c1-2-5(6)10-3-4-11-12(7,8)9/h2H,1,3-4H2,(H2,7,8,9). The molecule has 7 heteroatoms. The maximum Gasteiger partial charge on any atom is 0.469 e. The Hall–Kier alpha value is -0.680. The van der Waals surface area contributed by atoms with Gasteiger partial charge in [-0.15, -0.1) is 0 Å². The van der Waals surface area contributed by atoms with Crippen LogP contribution in [0.2, 0.25) is 0 Å². The van der Waals surface area contributed by atoms with Gasteiger partial charge in [-0.2, -0.15) is 0 Å². The van der Waals surface area contributed by atoms with Crippen molar-refractivity contribution >= 4 is 13.8 Å². The Morgan fingerprint density at radius 3 is 2.50 bits per heavy atom. The molecule has 0 aliphatic carbocycles. The molecule has 0 atom stereocenters. The number of carbonyl (C=O) groups excluding carboxylic acids is 1. The Morgan fingerprint density at radius 1 is 1.50 bits per heavy atom. The van der Waals surface area contributed by atoms with Crippen LogP contribution >= 0.6 is 7.82 Å². The normalized spacial score (nSPS) is 10.8.